The molecule has 3 aromatic rings. The van der Waals surface area contributed by atoms with Crippen molar-refractivity contribution in [1.29, 1.82) is 0 Å². The van der Waals surface area contributed by atoms with Gasteiger partial charge in [-0.25, -0.2) is 23.1 Å². The predicted octanol–water partition coefficient (Wildman–Crippen LogP) is 2.82. The van der Waals surface area contributed by atoms with Crippen LogP contribution in [0.5, 0.6) is 5.88 Å². The molecule has 0 radical (unpaired) electrons. The van der Waals surface area contributed by atoms with Crippen LogP contribution in [0.4, 0.5) is 24.5 Å². The van der Waals surface area contributed by atoms with Crippen LogP contribution < -0.4 is 20.7 Å². The number of nitrogens with one attached hydrogen (secondary N) is 1. The molecule has 1 aromatic carbocycles. The van der Waals surface area contributed by atoms with Crippen LogP contribution in [-0.2, 0) is 12.8 Å². The Labute approximate surface area is 228 Å². The number of aliphatic hydroxyl groups excluding tert-OH is 2. The fourth-order valence-electron chi connectivity index (χ4n) is 5.32. The van der Waals surface area contributed by atoms with Gasteiger partial charge in [0.05, 0.1) is 41.9 Å². The summed E-state index contributed by atoms with van der Waals surface area (Å²) in [5.41, 5.74) is 6.50. The van der Waals surface area contributed by atoms with E-state index in [4.69, 9.17) is 10.5 Å². The van der Waals surface area contributed by atoms with E-state index in [1.165, 1.54) is 13.1 Å². The highest BCUT2D eigenvalue weighted by Crippen LogP contribution is 2.40. The summed E-state index contributed by atoms with van der Waals surface area (Å²) in [5, 5.41) is 22.6. The molecule has 0 spiro atoms. The molecule has 0 bridgehead atoms. The minimum absolute atomic E-state index is 0.00826. The predicted molar refractivity (Wildman–Crippen MR) is 142 cm³/mol. The molecule has 0 saturated carbocycles. The number of aromatic nitrogens is 2. The standard InChI is InChI=1S/C28H30F3N5O4/c1-13-11-36(12-20(32)26(13)38)25-16-5-6-40-28(16)33-10-22(25)35-27(39)21-4-3-17(29)24(34-21)23-18(30)8-15(7-14(2)37)9-19(23)31/h3-4,8-10,13-14,20,26,37-38H,5-7,11-12,32H2,1-2H3,(H,35,39)/t13-,14?,20+,26+/m0/s1. The van der Waals surface area contributed by atoms with E-state index in [0.717, 1.165) is 29.8 Å². The van der Waals surface area contributed by atoms with Crippen molar-refractivity contribution in [3.63, 3.8) is 0 Å². The van der Waals surface area contributed by atoms with E-state index >= 15 is 0 Å². The Hall–Kier alpha value is -3.74. The maximum Gasteiger partial charge on any atom is 0.274 e. The van der Waals surface area contributed by atoms with Crippen molar-refractivity contribution in [3.05, 3.63) is 64.7 Å². The van der Waals surface area contributed by atoms with E-state index in [1.807, 2.05) is 11.8 Å². The third kappa shape index (κ3) is 5.34. The van der Waals surface area contributed by atoms with Crippen molar-refractivity contribution in [3.8, 4) is 17.1 Å². The normalized spacial score (nSPS) is 21.1. The molecule has 1 unspecified atom stereocenters. The van der Waals surface area contributed by atoms with Crippen molar-refractivity contribution in [1.82, 2.24) is 9.97 Å². The molecule has 5 N–H and O–H groups in total. The van der Waals surface area contributed by atoms with Crippen LogP contribution in [0, 0.1) is 23.4 Å². The number of hydrogen-bond acceptors (Lipinski definition) is 8. The van der Waals surface area contributed by atoms with Gasteiger partial charge < -0.3 is 30.9 Å². The molecule has 12 heteroatoms. The number of hydrogen-bond donors (Lipinski definition) is 4. The van der Waals surface area contributed by atoms with Gasteiger partial charge in [0.15, 0.2) is 0 Å². The summed E-state index contributed by atoms with van der Waals surface area (Å²) in [6, 6.07) is 3.53. The zero-order chi connectivity index (χ0) is 28.7. The summed E-state index contributed by atoms with van der Waals surface area (Å²) in [7, 11) is 0. The number of nitrogens with two attached hydrogens (primary N) is 1. The second kappa shape index (κ2) is 11.0. The second-order valence-corrected chi connectivity index (χ2v) is 10.4. The second-order valence-electron chi connectivity index (χ2n) is 10.4. The number of anilines is 2. The van der Waals surface area contributed by atoms with Crippen LogP contribution in [0.1, 0.15) is 35.5 Å². The highest BCUT2D eigenvalue weighted by atomic mass is 19.1. The zero-order valence-corrected chi connectivity index (χ0v) is 22.0. The summed E-state index contributed by atoms with van der Waals surface area (Å²) in [6.07, 6.45) is 0.485. The minimum atomic E-state index is -1.07. The summed E-state index contributed by atoms with van der Waals surface area (Å²) in [5.74, 6) is -3.59. The highest BCUT2D eigenvalue weighted by molar-refractivity contribution is 6.05. The SMILES string of the molecule is CC(O)Cc1cc(F)c(-c2nc(C(=O)Nc3cnc4c(c3N3C[C@@H](N)[C@H](O)[C@@H](C)C3)CCO4)ccc2F)c(F)c1. The molecule has 4 heterocycles. The van der Waals surface area contributed by atoms with Gasteiger partial charge in [-0.2, -0.15) is 0 Å². The van der Waals surface area contributed by atoms with Crippen molar-refractivity contribution in [2.75, 3.05) is 29.9 Å². The first-order valence-electron chi connectivity index (χ1n) is 13.0. The molecule has 1 saturated heterocycles. The highest BCUT2D eigenvalue weighted by Gasteiger charge is 2.35. The van der Waals surface area contributed by atoms with E-state index in [0.29, 0.717) is 43.4 Å². The van der Waals surface area contributed by atoms with Gasteiger partial charge in [-0.3, -0.25) is 4.79 Å². The zero-order valence-electron chi connectivity index (χ0n) is 22.0. The summed E-state index contributed by atoms with van der Waals surface area (Å²) >= 11 is 0. The Balaban J connectivity index is 1.48. The number of carbonyl (C=O) groups is 1. The molecule has 5 rings (SSSR count). The fraction of sp³-hybridized carbons (Fsp3) is 0.393. The Morgan fingerprint density at radius 3 is 2.62 bits per heavy atom. The lowest BCUT2D eigenvalue weighted by Crippen LogP contribution is -2.56. The van der Waals surface area contributed by atoms with Crippen molar-refractivity contribution in [2.45, 2.75) is 44.9 Å². The van der Waals surface area contributed by atoms with Crippen LogP contribution in [0.15, 0.2) is 30.5 Å². The third-order valence-electron chi connectivity index (χ3n) is 7.18. The van der Waals surface area contributed by atoms with Gasteiger partial charge in [-0.05, 0) is 43.2 Å². The van der Waals surface area contributed by atoms with Crippen molar-refractivity contribution in [2.24, 2.45) is 11.7 Å². The number of benzene rings is 1. The van der Waals surface area contributed by atoms with E-state index in [2.05, 4.69) is 15.3 Å². The average molecular weight is 558 g/mol. The molecule has 2 aromatic heterocycles. The monoisotopic (exact) mass is 557 g/mol. The Morgan fingerprint density at radius 1 is 1.23 bits per heavy atom. The Bertz CT molecular complexity index is 1420. The topological polar surface area (TPSA) is 134 Å². The number of amides is 1. The van der Waals surface area contributed by atoms with Crippen LogP contribution in [0.25, 0.3) is 11.3 Å². The van der Waals surface area contributed by atoms with Gasteiger partial charge >= 0.3 is 0 Å². The molecule has 0 aliphatic carbocycles. The molecule has 40 heavy (non-hydrogen) atoms. The molecule has 9 nitrogen and oxygen atoms in total. The number of pyridine rings is 2. The molecular formula is C28H30F3N5O4. The lowest BCUT2D eigenvalue weighted by atomic mass is 9.92. The fourth-order valence-corrected chi connectivity index (χ4v) is 5.32. The number of halogens is 3. The first kappa shape index (κ1) is 27.8. The summed E-state index contributed by atoms with van der Waals surface area (Å²) in [4.78, 5) is 23.6. The lowest BCUT2D eigenvalue weighted by Gasteiger charge is -2.41. The van der Waals surface area contributed by atoms with Gasteiger partial charge in [-0.15, -0.1) is 0 Å². The van der Waals surface area contributed by atoms with E-state index < -0.39 is 52.9 Å². The van der Waals surface area contributed by atoms with Crippen LogP contribution in [-0.4, -0.2) is 64.0 Å². The van der Waals surface area contributed by atoms with Crippen molar-refractivity contribution < 1.29 is 32.9 Å². The Morgan fingerprint density at radius 2 is 1.95 bits per heavy atom. The smallest absolute Gasteiger partial charge is 0.274 e. The van der Waals surface area contributed by atoms with Crippen LogP contribution >= 0.6 is 0 Å². The minimum Gasteiger partial charge on any atom is -0.477 e. The third-order valence-corrected chi connectivity index (χ3v) is 7.18. The molecule has 2 aliphatic heterocycles. The van der Waals surface area contributed by atoms with Gasteiger partial charge in [-0.1, -0.05) is 6.92 Å². The van der Waals surface area contributed by atoms with Gasteiger partial charge in [0.1, 0.15) is 28.8 Å². The quantitative estimate of drug-likeness (QED) is 0.364. The van der Waals surface area contributed by atoms with Gasteiger partial charge in [0.2, 0.25) is 5.88 Å². The van der Waals surface area contributed by atoms with Crippen LogP contribution in [0.3, 0.4) is 0 Å². The summed E-state index contributed by atoms with van der Waals surface area (Å²) < 4.78 is 50.2. The molecule has 1 fully saturated rings. The van der Waals surface area contributed by atoms with E-state index in [1.54, 1.807) is 0 Å². The number of piperidine rings is 1. The number of nitrogens with zero attached hydrogens (tertiary/aromatic N) is 3. The molecular weight excluding hydrogens is 527 g/mol. The maximum absolute atomic E-state index is 14.9. The molecule has 1 amide bonds. The molecule has 2 aliphatic rings. The first-order valence-corrected chi connectivity index (χ1v) is 13.0. The number of aliphatic hydroxyl groups is 2. The van der Waals surface area contributed by atoms with Crippen LogP contribution in [0.2, 0.25) is 0 Å². The molecule has 212 valence electrons. The summed E-state index contributed by atoms with van der Waals surface area (Å²) in [6.45, 7) is 4.57. The number of rotatable bonds is 6. The average Bonchev–Trinajstić information content (AvgIpc) is 3.36. The Kier molecular flexibility index (Phi) is 7.67. The van der Waals surface area contributed by atoms with Crippen molar-refractivity contribution >= 4 is 17.3 Å². The molecule has 4 atom stereocenters. The van der Waals surface area contributed by atoms with E-state index in [-0.39, 0.29) is 23.6 Å². The van der Waals surface area contributed by atoms with Gasteiger partial charge in [0, 0.05) is 37.0 Å². The number of ether oxygens (including phenoxy) is 1. The number of fused-ring (bicyclic) bond motifs is 1. The first-order chi connectivity index (χ1) is 19.0. The van der Waals surface area contributed by atoms with E-state index in [9.17, 15) is 28.2 Å². The number of carbonyl (C=O) groups excluding carboxylic acids is 1. The lowest BCUT2D eigenvalue weighted by molar-refractivity contribution is 0.0785. The largest absolute Gasteiger partial charge is 0.477 e. The maximum atomic E-state index is 14.9. The van der Waals surface area contributed by atoms with Gasteiger partial charge in [0.25, 0.3) is 5.91 Å².